The molecule has 6 rings (SSSR count). The van der Waals surface area contributed by atoms with Crippen molar-refractivity contribution in [2.75, 3.05) is 18.0 Å². The minimum Gasteiger partial charge on any atom is -0.347 e. The number of halogens is 2. The third-order valence-electron chi connectivity index (χ3n) is 7.41. The van der Waals surface area contributed by atoms with E-state index in [0.717, 1.165) is 11.3 Å². The first kappa shape index (κ1) is 27.0. The minimum absolute atomic E-state index is 0.0482. The number of nitrogens with one attached hydrogen (secondary N) is 1. The molecule has 0 saturated carbocycles. The van der Waals surface area contributed by atoms with E-state index in [4.69, 9.17) is 11.6 Å². The predicted molar refractivity (Wildman–Crippen MR) is 159 cm³/mol. The Balaban J connectivity index is 1.37. The van der Waals surface area contributed by atoms with Gasteiger partial charge in [0.15, 0.2) is 0 Å². The lowest BCUT2D eigenvalue weighted by molar-refractivity contribution is -0.122. The summed E-state index contributed by atoms with van der Waals surface area (Å²) in [4.78, 5) is 56.1. The molecule has 2 aliphatic rings. The van der Waals surface area contributed by atoms with E-state index in [0.29, 0.717) is 46.0 Å². The van der Waals surface area contributed by atoms with E-state index in [1.807, 2.05) is 30.3 Å². The molecule has 1 saturated heterocycles. The molecular weight excluding hydrogens is 610 g/mol. The van der Waals surface area contributed by atoms with Gasteiger partial charge in [-0.2, -0.15) is 0 Å². The number of carbonyl (C=O) groups excluding carboxylic acids is 3. The van der Waals surface area contributed by atoms with Crippen LogP contribution in [0.3, 0.4) is 0 Å². The van der Waals surface area contributed by atoms with Gasteiger partial charge in [-0.05, 0) is 64.0 Å². The van der Waals surface area contributed by atoms with E-state index in [2.05, 4.69) is 21.2 Å². The van der Waals surface area contributed by atoms with E-state index < -0.39 is 5.91 Å². The van der Waals surface area contributed by atoms with Gasteiger partial charge in [-0.1, -0.05) is 41.9 Å². The quantitative estimate of drug-likeness (QED) is 0.319. The van der Waals surface area contributed by atoms with E-state index in [-0.39, 0.29) is 42.8 Å². The second kappa shape index (κ2) is 11.0. The Bertz CT molecular complexity index is 1730. The third-order valence-corrected chi connectivity index (χ3v) is 8.65. The molecule has 208 valence electrons. The van der Waals surface area contributed by atoms with E-state index in [1.54, 1.807) is 56.8 Å². The lowest BCUT2D eigenvalue weighted by Crippen LogP contribution is -2.43. The van der Waals surface area contributed by atoms with Crippen LogP contribution in [-0.4, -0.2) is 44.8 Å². The van der Waals surface area contributed by atoms with Crippen molar-refractivity contribution < 1.29 is 14.4 Å². The zero-order chi connectivity index (χ0) is 28.7. The second-order valence-electron chi connectivity index (χ2n) is 9.90. The summed E-state index contributed by atoms with van der Waals surface area (Å²) in [5.74, 6) is -0.625. The molecule has 3 amide bonds. The maximum atomic E-state index is 13.7. The molecule has 3 aromatic carbocycles. The van der Waals surface area contributed by atoms with Crippen molar-refractivity contribution in [1.29, 1.82) is 0 Å². The van der Waals surface area contributed by atoms with E-state index in [1.165, 1.54) is 4.57 Å². The number of hydrogen-bond acceptors (Lipinski definition) is 4. The molecule has 1 fully saturated rings. The van der Waals surface area contributed by atoms with E-state index in [9.17, 15) is 19.2 Å². The van der Waals surface area contributed by atoms with Crippen molar-refractivity contribution >= 4 is 50.9 Å². The summed E-state index contributed by atoms with van der Waals surface area (Å²) in [6.07, 6.45) is 0.515. The lowest BCUT2D eigenvalue weighted by Gasteiger charge is -2.30. The zero-order valence-electron chi connectivity index (χ0n) is 21.8. The SMILES string of the molecule is O=C(NCc1ccccc1)c1c2n(c(=O)n1-c1ccc(N3CCC3=O)cc1)CCN(C(=O)c1ccc(Br)c(Cl)c1)C2. The summed E-state index contributed by atoms with van der Waals surface area (Å²) < 4.78 is 3.63. The molecular formula is C30H25BrClN5O4. The number of rotatable bonds is 6. The summed E-state index contributed by atoms with van der Waals surface area (Å²) in [5, 5.41) is 3.36. The van der Waals surface area contributed by atoms with Gasteiger partial charge < -0.3 is 15.1 Å². The van der Waals surface area contributed by atoms with Crippen LogP contribution >= 0.6 is 27.5 Å². The van der Waals surface area contributed by atoms with Crippen molar-refractivity contribution in [2.45, 2.75) is 26.1 Å². The summed E-state index contributed by atoms with van der Waals surface area (Å²) in [6.45, 7) is 1.53. The molecule has 11 heteroatoms. The number of nitrogens with zero attached hydrogens (tertiary/aromatic N) is 4. The van der Waals surface area contributed by atoms with Gasteiger partial charge in [-0.15, -0.1) is 0 Å². The molecule has 0 aliphatic carbocycles. The van der Waals surface area contributed by atoms with E-state index >= 15 is 0 Å². The molecule has 0 radical (unpaired) electrons. The summed E-state index contributed by atoms with van der Waals surface area (Å²) in [6, 6.07) is 21.5. The van der Waals surface area contributed by atoms with Gasteiger partial charge in [0.05, 0.1) is 22.9 Å². The van der Waals surface area contributed by atoms with Gasteiger partial charge in [0.25, 0.3) is 11.8 Å². The van der Waals surface area contributed by atoms with Crippen LogP contribution in [0, 0.1) is 0 Å². The summed E-state index contributed by atoms with van der Waals surface area (Å²) in [7, 11) is 0. The molecule has 1 N–H and O–H groups in total. The fraction of sp³-hybridized carbons (Fsp3) is 0.200. The average Bonchev–Trinajstić information content (AvgIpc) is 3.28. The van der Waals surface area contributed by atoms with Gasteiger partial charge in [0, 0.05) is 48.3 Å². The molecule has 2 aliphatic heterocycles. The first-order valence-corrected chi connectivity index (χ1v) is 14.3. The highest BCUT2D eigenvalue weighted by atomic mass is 79.9. The Labute approximate surface area is 249 Å². The van der Waals surface area contributed by atoms with Crippen LogP contribution in [0.1, 0.15) is 38.5 Å². The Morgan fingerprint density at radius 2 is 1.63 bits per heavy atom. The zero-order valence-corrected chi connectivity index (χ0v) is 24.2. The number of hydrogen-bond donors (Lipinski definition) is 1. The Hall–Kier alpha value is -4.15. The highest BCUT2D eigenvalue weighted by Gasteiger charge is 2.32. The Morgan fingerprint density at radius 3 is 2.29 bits per heavy atom. The number of amides is 3. The van der Waals surface area contributed by atoms with Crippen LogP contribution in [0.4, 0.5) is 5.69 Å². The third kappa shape index (κ3) is 5.09. The molecule has 41 heavy (non-hydrogen) atoms. The van der Waals surface area contributed by atoms with Crippen molar-refractivity contribution in [2.24, 2.45) is 0 Å². The molecule has 1 aromatic heterocycles. The van der Waals surface area contributed by atoms with Gasteiger partial charge >= 0.3 is 5.69 Å². The standard InChI is InChI=1S/C30H25BrClN5O4/c31-23-11-6-20(16-24(23)32)29(40)34-14-15-36-25(18-34)27(28(39)33-17-19-4-2-1-3-5-19)37(30(36)41)22-9-7-21(8-10-22)35-13-12-26(35)38/h1-11,16H,12-15,17-18H2,(H,33,39). The monoisotopic (exact) mass is 633 g/mol. The molecule has 4 aromatic rings. The van der Waals surface area contributed by atoms with Crippen LogP contribution in [0.2, 0.25) is 5.02 Å². The lowest BCUT2D eigenvalue weighted by atomic mass is 10.1. The number of fused-ring (bicyclic) bond motifs is 1. The van der Waals surface area contributed by atoms with Crippen LogP contribution < -0.4 is 15.9 Å². The molecule has 0 spiro atoms. The topological polar surface area (TPSA) is 96.7 Å². The Kier molecular flexibility index (Phi) is 7.27. The number of benzene rings is 3. The number of anilines is 1. The van der Waals surface area contributed by atoms with Gasteiger partial charge in [0.2, 0.25) is 5.91 Å². The molecule has 3 heterocycles. The van der Waals surface area contributed by atoms with Gasteiger partial charge in [0.1, 0.15) is 5.69 Å². The smallest absolute Gasteiger partial charge is 0.333 e. The number of aromatic nitrogens is 2. The van der Waals surface area contributed by atoms with Crippen LogP contribution in [0.5, 0.6) is 0 Å². The second-order valence-corrected chi connectivity index (χ2v) is 11.2. The first-order chi connectivity index (χ1) is 19.8. The largest absolute Gasteiger partial charge is 0.347 e. The highest BCUT2D eigenvalue weighted by molar-refractivity contribution is 9.10. The summed E-state index contributed by atoms with van der Waals surface area (Å²) in [5.41, 5.74) is 2.82. The minimum atomic E-state index is -0.428. The maximum Gasteiger partial charge on any atom is 0.333 e. The van der Waals surface area contributed by atoms with Gasteiger partial charge in [-0.3, -0.25) is 23.5 Å². The average molecular weight is 635 g/mol. The molecule has 0 unspecified atom stereocenters. The number of carbonyl (C=O) groups is 3. The van der Waals surface area contributed by atoms with Crippen molar-refractivity contribution in [3.63, 3.8) is 0 Å². The normalized spacial score (nSPS) is 14.4. The van der Waals surface area contributed by atoms with Gasteiger partial charge in [-0.25, -0.2) is 4.79 Å². The van der Waals surface area contributed by atoms with Crippen molar-refractivity contribution in [1.82, 2.24) is 19.4 Å². The Morgan fingerprint density at radius 1 is 0.902 bits per heavy atom. The number of imidazole rings is 1. The van der Waals surface area contributed by atoms with Crippen LogP contribution in [0.15, 0.2) is 82.1 Å². The number of β-lactam (4-membered cyclic amide) rings is 1. The van der Waals surface area contributed by atoms with Crippen molar-refractivity contribution in [3.05, 3.63) is 115 Å². The fourth-order valence-electron chi connectivity index (χ4n) is 5.15. The van der Waals surface area contributed by atoms with Crippen molar-refractivity contribution in [3.8, 4) is 5.69 Å². The van der Waals surface area contributed by atoms with Crippen LogP contribution in [-0.2, 0) is 24.4 Å². The fourth-order valence-corrected chi connectivity index (χ4v) is 5.58. The molecule has 0 bridgehead atoms. The highest BCUT2D eigenvalue weighted by Crippen LogP contribution is 2.27. The molecule has 0 atom stereocenters. The summed E-state index contributed by atoms with van der Waals surface area (Å²) >= 11 is 9.58. The predicted octanol–water partition coefficient (Wildman–Crippen LogP) is 4.38. The first-order valence-electron chi connectivity index (χ1n) is 13.1. The van der Waals surface area contributed by atoms with Crippen LogP contribution in [0.25, 0.3) is 5.69 Å². The maximum absolute atomic E-state index is 13.7. The molecule has 9 nitrogen and oxygen atoms in total.